The number of benzene rings is 5. The Morgan fingerprint density at radius 3 is 2.07 bits per heavy atom. The molecule has 0 N–H and O–H groups in total. The molecule has 9 rings (SSSR count). The van der Waals surface area contributed by atoms with Crippen LogP contribution in [0.2, 0.25) is 0 Å². The van der Waals surface area contributed by atoms with Gasteiger partial charge in [0.1, 0.15) is 5.65 Å². The minimum atomic E-state index is 0.287. The zero-order valence-electron chi connectivity index (χ0n) is 22.5. The molecule has 0 fully saturated rings. The van der Waals surface area contributed by atoms with Gasteiger partial charge in [-0.05, 0) is 57.3 Å². The first-order chi connectivity index (χ1) is 20.3. The summed E-state index contributed by atoms with van der Waals surface area (Å²) >= 11 is 0. The van der Waals surface area contributed by atoms with Crippen LogP contribution in [0.3, 0.4) is 0 Å². The monoisotopic (exact) mass is 522 g/mol. The van der Waals surface area contributed by atoms with E-state index >= 15 is 0 Å². The van der Waals surface area contributed by atoms with Gasteiger partial charge in [0, 0.05) is 22.3 Å². The van der Waals surface area contributed by atoms with Crippen molar-refractivity contribution in [3.05, 3.63) is 151 Å². The van der Waals surface area contributed by atoms with Crippen LogP contribution in [-0.2, 0) is 0 Å². The number of hydrogen-bond donors (Lipinski definition) is 0. The van der Waals surface area contributed by atoms with Gasteiger partial charge in [-0.15, -0.1) is 0 Å². The fourth-order valence-electron chi connectivity index (χ4n) is 7.01. The van der Waals surface area contributed by atoms with Gasteiger partial charge < -0.3 is 0 Å². The lowest BCUT2D eigenvalue weighted by molar-refractivity contribution is 0.824. The highest BCUT2D eigenvalue weighted by molar-refractivity contribution is 6.13. The predicted molar refractivity (Wildman–Crippen MR) is 171 cm³/mol. The highest BCUT2D eigenvalue weighted by Gasteiger charge is 2.34. The molecule has 5 aromatic carbocycles. The summed E-state index contributed by atoms with van der Waals surface area (Å²) in [6, 6.07) is 44.0. The molecule has 2 aromatic heterocycles. The Hall–Kier alpha value is -5.21. The van der Waals surface area contributed by atoms with E-state index in [1.54, 1.807) is 0 Å². The molecule has 2 heterocycles. The van der Waals surface area contributed by atoms with E-state index in [4.69, 9.17) is 4.98 Å². The molecular formula is C39H26N2. The highest BCUT2D eigenvalue weighted by Crippen LogP contribution is 2.50. The van der Waals surface area contributed by atoms with E-state index in [1.165, 1.54) is 66.3 Å². The normalized spacial score (nSPS) is 15.5. The second-order valence-electron chi connectivity index (χ2n) is 11.1. The van der Waals surface area contributed by atoms with Gasteiger partial charge in [-0.25, -0.2) is 4.98 Å². The lowest BCUT2D eigenvalue weighted by Gasteiger charge is -2.29. The van der Waals surface area contributed by atoms with Crippen molar-refractivity contribution in [1.82, 2.24) is 9.38 Å². The van der Waals surface area contributed by atoms with Gasteiger partial charge in [-0.3, -0.25) is 4.40 Å². The van der Waals surface area contributed by atoms with E-state index in [2.05, 4.69) is 144 Å². The van der Waals surface area contributed by atoms with Crippen molar-refractivity contribution in [2.45, 2.75) is 12.3 Å². The third-order valence-electron chi connectivity index (χ3n) is 8.92. The van der Waals surface area contributed by atoms with Gasteiger partial charge in [0.25, 0.3) is 0 Å². The van der Waals surface area contributed by atoms with Crippen LogP contribution in [0.4, 0.5) is 0 Å². The summed E-state index contributed by atoms with van der Waals surface area (Å²) in [5, 5.41) is 3.70. The maximum Gasteiger partial charge on any atom is 0.146 e. The van der Waals surface area contributed by atoms with Crippen molar-refractivity contribution in [2.24, 2.45) is 0 Å². The predicted octanol–water partition coefficient (Wildman–Crippen LogP) is 10.1. The Morgan fingerprint density at radius 2 is 1.24 bits per heavy atom. The fourth-order valence-corrected chi connectivity index (χ4v) is 7.01. The van der Waals surface area contributed by atoms with Crippen molar-refractivity contribution >= 4 is 32.9 Å². The lowest BCUT2D eigenvalue weighted by atomic mass is 9.76. The van der Waals surface area contributed by atoms with Gasteiger partial charge in [-0.2, -0.15) is 0 Å². The minimum absolute atomic E-state index is 0.287. The molecule has 1 atom stereocenters. The van der Waals surface area contributed by atoms with E-state index in [0.29, 0.717) is 0 Å². The molecule has 2 aliphatic carbocycles. The molecule has 2 aliphatic rings. The van der Waals surface area contributed by atoms with Crippen molar-refractivity contribution in [3.63, 3.8) is 0 Å². The average Bonchev–Trinajstić information content (AvgIpc) is 3.47. The molecular weight excluding hydrogens is 496 g/mol. The second kappa shape index (κ2) is 8.64. The van der Waals surface area contributed by atoms with Crippen LogP contribution in [0.1, 0.15) is 23.6 Å². The van der Waals surface area contributed by atoms with Gasteiger partial charge in [0.15, 0.2) is 0 Å². The molecule has 2 heteroatoms. The van der Waals surface area contributed by atoms with Crippen LogP contribution in [-0.4, -0.2) is 9.38 Å². The van der Waals surface area contributed by atoms with Crippen LogP contribution >= 0.6 is 0 Å². The first kappa shape index (κ1) is 22.6. The van der Waals surface area contributed by atoms with Gasteiger partial charge in [-0.1, -0.05) is 127 Å². The molecule has 0 saturated heterocycles. The Morgan fingerprint density at radius 1 is 0.585 bits per heavy atom. The molecule has 0 radical (unpaired) electrons. The van der Waals surface area contributed by atoms with E-state index in [0.717, 1.165) is 17.8 Å². The molecule has 0 bridgehead atoms. The number of hydrogen-bond acceptors (Lipinski definition) is 1. The maximum absolute atomic E-state index is 5.39. The number of aromatic nitrogens is 2. The zero-order chi connectivity index (χ0) is 26.9. The molecule has 41 heavy (non-hydrogen) atoms. The van der Waals surface area contributed by atoms with Crippen molar-refractivity contribution in [2.75, 3.05) is 0 Å². The molecule has 7 aromatic rings. The summed E-state index contributed by atoms with van der Waals surface area (Å²) < 4.78 is 2.46. The van der Waals surface area contributed by atoms with Crippen LogP contribution in [0.5, 0.6) is 0 Å². The van der Waals surface area contributed by atoms with Crippen LogP contribution in [0.25, 0.3) is 66.4 Å². The largest absolute Gasteiger partial charge is 0.295 e. The van der Waals surface area contributed by atoms with Crippen molar-refractivity contribution in [3.8, 4) is 33.5 Å². The van der Waals surface area contributed by atoms with E-state index in [-0.39, 0.29) is 5.92 Å². The van der Waals surface area contributed by atoms with Gasteiger partial charge in [0.05, 0.1) is 16.9 Å². The van der Waals surface area contributed by atoms with Crippen LogP contribution < -0.4 is 0 Å². The van der Waals surface area contributed by atoms with Crippen molar-refractivity contribution < 1.29 is 0 Å². The molecule has 1 unspecified atom stereocenters. The molecule has 0 aliphatic heterocycles. The number of imidazole rings is 1. The fraction of sp³-hybridized carbons (Fsp3) is 0.0513. The Kier molecular flexibility index (Phi) is 4.76. The lowest BCUT2D eigenvalue weighted by Crippen LogP contribution is -2.13. The van der Waals surface area contributed by atoms with Crippen LogP contribution in [0, 0.1) is 0 Å². The van der Waals surface area contributed by atoms with Gasteiger partial charge in [0.2, 0.25) is 0 Å². The number of fused-ring (bicyclic) bond motifs is 13. The van der Waals surface area contributed by atoms with Crippen LogP contribution in [0.15, 0.2) is 140 Å². The SMILES string of the molecule is C1=CCC2C(=C1)c1ccccc1-c1nc3c4ccccc4c4cc(-c5ccc(-c6ccccc6)cc5)ccc4n3c12. The summed E-state index contributed by atoms with van der Waals surface area (Å²) in [7, 11) is 0. The summed E-state index contributed by atoms with van der Waals surface area (Å²) in [6.45, 7) is 0. The topological polar surface area (TPSA) is 17.3 Å². The summed E-state index contributed by atoms with van der Waals surface area (Å²) in [5.41, 5.74) is 13.6. The zero-order valence-corrected chi connectivity index (χ0v) is 22.5. The third-order valence-corrected chi connectivity index (χ3v) is 8.92. The molecule has 0 spiro atoms. The molecule has 0 amide bonds. The Labute approximate surface area is 238 Å². The average molecular weight is 523 g/mol. The molecule has 192 valence electrons. The minimum Gasteiger partial charge on any atom is -0.295 e. The number of nitrogens with zero attached hydrogens (tertiary/aromatic N) is 2. The number of rotatable bonds is 2. The summed E-state index contributed by atoms with van der Waals surface area (Å²) in [6.07, 6.45) is 7.79. The van der Waals surface area contributed by atoms with E-state index < -0.39 is 0 Å². The molecule has 0 saturated carbocycles. The van der Waals surface area contributed by atoms with Crippen molar-refractivity contribution in [1.29, 1.82) is 0 Å². The third kappa shape index (κ3) is 3.28. The summed E-state index contributed by atoms with van der Waals surface area (Å²) in [4.78, 5) is 5.39. The quantitative estimate of drug-likeness (QED) is 0.207. The summed E-state index contributed by atoms with van der Waals surface area (Å²) in [5.74, 6) is 0.287. The number of pyridine rings is 1. The smallest absolute Gasteiger partial charge is 0.146 e. The second-order valence-corrected chi connectivity index (χ2v) is 11.1. The highest BCUT2D eigenvalue weighted by atomic mass is 15.0. The standard InChI is InChI=1S/C39H26N2/c1-2-10-25(11-3-1)26-18-20-27(21-19-26)28-22-23-36-35(24-28)31-14-6-9-17-34(31)39-40-37-32-15-7-4-12-29(32)30-13-5-8-16-33(30)38(37)41(36)39/h1-15,17-24,33H,16H2. The Bertz CT molecular complexity index is 2210. The first-order valence-corrected chi connectivity index (χ1v) is 14.3. The Balaban J connectivity index is 1.31. The molecule has 2 nitrogen and oxygen atoms in total. The number of allylic oxidation sites excluding steroid dienone is 4. The maximum atomic E-state index is 5.39. The first-order valence-electron chi connectivity index (χ1n) is 14.3. The van der Waals surface area contributed by atoms with E-state index in [1.807, 2.05) is 0 Å². The van der Waals surface area contributed by atoms with Gasteiger partial charge >= 0.3 is 0 Å². The van der Waals surface area contributed by atoms with E-state index in [9.17, 15) is 0 Å².